The average Bonchev–Trinajstić information content (AvgIpc) is 2.93. The van der Waals surface area contributed by atoms with E-state index in [1.165, 1.54) is 36.8 Å². The lowest BCUT2D eigenvalue weighted by atomic mass is 10.2. The van der Waals surface area contributed by atoms with Crippen molar-refractivity contribution in [3.8, 4) is 0 Å². The highest BCUT2D eigenvalue weighted by atomic mass is 79.9. The summed E-state index contributed by atoms with van der Waals surface area (Å²) in [6.07, 6.45) is 1.21. The first kappa shape index (κ1) is 13.5. The molecule has 0 radical (unpaired) electrons. The third-order valence-electron chi connectivity index (χ3n) is 3.02. The van der Waals surface area contributed by atoms with Crippen LogP contribution in [0.25, 0.3) is 0 Å². The number of fused-ring (bicyclic) bond motifs is 1. The summed E-state index contributed by atoms with van der Waals surface area (Å²) in [7, 11) is 0. The Labute approximate surface area is 133 Å². The molecule has 0 amide bonds. The van der Waals surface area contributed by atoms with Crippen LogP contribution in [0.4, 0.5) is 0 Å². The van der Waals surface area contributed by atoms with E-state index >= 15 is 0 Å². The Balaban J connectivity index is 1.92. The van der Waals surface area contributed by atoms with Crippen LogP contribution in [0.5, 0.6) is 0 Å². The summed E-state index contributed by atoms with van der Waals surface area (Å²) < 4.78 is 1.17. The molecule has 18 heavy (non-hydrogen) atoms. The molecule has 0 nitrogen and oxygen atoms in total. The van der Waals surface area contributed by atoms with E-state index in [0.717, 1.165) is 5.75 Å². The lowest BCUT2D eigenvalue weighted by molar-refractivity contribution is 1.13. The maximum Gasteiger partial charge on any atom is 0.102 e. The maximum absolute atomic E-state index is 6.63. The van der Waals surface area contributed by atoms with Crippen LogP contribution in [-0.2, 0) is 12.2 Å². The van der Waals surface area contributed by atoms with Crippen LogP contribution in [0.1, 0.15) is 30.4 Å². The van der Waals surface area contributed by atoms with Crippen LogP contribution >= 0.6 is 62.0 Å². The van der Waals surface area contributed by atoms with E-state index in [1.807, 2.05) is 23.1 Å². The van der Waals surface area contributed by atoms with Crippen LogP contribution in [0.2, 0.25) is 0 Å². The highest BCUT2D eigenvalue weighted by molar-refractivity contribution is 9.10. The van der Waals surface area contributed by atoms with E-state index in [4.69, 9.17) is 11.6 Å². The van der Waals surface area contributed by atoms with Gasteiger partial charge in [-0.2, -0.15) is 11.8 Å². The molecule has 1 unspecified atom stereocenters. The van der Waals surface area contributed by atoms with Crippen LogP contribution in [0.15, 0.2) is 16.6 Å². The Hall–Kier alpha value is 0.520. The molecule has 0 aromatic carbocycles. The lowest BCUT2D eigenvalue weighted by Gasteiger charge is -2.08. The zero-order valence-electron chi connectivity index (χ0n) is 9.83. The van der Waals surface area contributed by atoms with Crippen molar-refractivity contribution in [2.24, 2.45) is 0 Å². The Morgan fingerprint density at radius 2 is 2.06 bits per heavy atom. The molecular formula is C13H12BrClS3. The molecule has 96 valence electrons. The Morgan fingerprint density at radius 1 is 1.28 bits per heavy atom. The molecule has 0 fully saturated rings. The van der Waals surface area contributed by atoms with Crippen molar-refractivity contribution in [1.82, 2.24) is 0 Å². The zero-order chi connectivity index (χ0) is 12.7. The molecule has 0 bridgehead atoms. The quantitative estimate of drug-likeness (QED) is 0.577. The maximum atomic E-state index is 6.63. The van der Waals surface area contributed by atoms with Crippen LogP contribution < -0.4 is 0 Å². The van der Waals surface area contributed by atoms with Gasteiger partial charge in [0.1, 0.15) is 5.38 Å². The summed E-state index contributed by atoms with van der Waals surface area (Å²) in [5.74, 6) is 2.41. The molecular weight excluding hydrogens is 368 g/mol. The number of halogens is 2. The molecule has 1 aliphatic heterocycles. The van der Waals surface area contributed by atoms with Gasteiger partial charge in [-0.3, -0.25) is 0 Å². The van der Waals surface area contributed by atoms with Gasteiger partial charge < -0.3 is 0 Å². The molecule has 0 saturated carbocycles. The number of aryl methyl sites for hydroxylation is 2. The zero-order valence-corrected chi connectivity index (χ0v) is 14.6. The van der Waals surface area contributed by atoms with Gasteiger partial charge in [0.15, 0.2) is 0 Å². The molecule has 3 heterocycles. The summed E-state index contributed by atoms with van der Waals surface area (Å²) >= 11 is 15.9. The van der Waals surface area contributed by atoms with Crippen molar-refractivity contribution >= 4 is 62.0 Å². The summed E-state index contributed by atoms with van der Waals surface area (Å²) in [6.45, 7) is 2.12. The van der Waals surface area contributed by atoms with E-state index in [-0.39, 0.29) is 5.38 Å². The second kappa shape index (κ2) is 5.49. The minimum absolute atomic E-state index is 0.0144. The predicted octanol–water partition coefficient (Wildman–Crippen LogP) is 6.00. The lowest BCUT2D eigenvalue weighted by Crippen LogP contribution is -1.96. The van der Waals surface area contributed by atoms with Crippen molar-refractivity contribution in [2.45, 2.75) is 24.5 Å². The average molecular weight is 380 g/mol. The minimum atomic E-state index is 0.0144. The van der Waals surface area contributed by atoms with Gasteiger partial charge in [0.2, 0.25) is 0 Å². The van der Waals surface area contributed by atoms with E-state index in [1.54, 1.807) is 16.2 Å². The van der Waals surface area contributed by atoms with Crippen molar-refractivity contribution in [2.75, 3.05) is 5.75 Å². The first-order chi connectivity index (χ1) is 8.65. The van der Waals surface area contributed by atoms with Crippen molar-refractivity contribution < 1.29 is 0 Å². The Bertz CT molecular complexity index is 530. The van der Waals surface area contributed by atoms with E-state index in [9.17, 15) is 0 Å². The molecule has 0 aliphatic carbocycles. The van der Waals surface area contributed by atoms with E-state index in [0.29, 0.717) is 0 Å². The van der Waals surface area contributed by atoms with E-state index in [2.05, 4.69) is 35.0 Å². The number of alkyl halides is 1. The molecule has 0 saturated heterocycles. The molecule has 1 aliphatic rings. The van der Waals surface area contributed by atoms with Gasteiger partial charge in [-0.15, -0.1) is 34.3 Å². The summed E-state index contributed by atoms with van der Waals surface area (Å²) in [5.41, 5.74) is 1.50. The third kappa shape index (κ3) is 2.55. The minimum Gasteiger partial charge on any atom is -0.157 e. The third-order valence-corrected chi connectivity index (χ3v) is 8.26. The van der Waals surface area contributed by atoms with Crippen molar-refractivity contribution in [3.05, 3.63) is 41.7 Å². The fourth-order valence-corrected chi connectivity index (χ4v) is 6.44. The Morgan fingerprint density at radius 3 is 2.72 bits per heavy atom. The SMILES string of the molecule is Cc1sc(C(Cl)c2cc3c(s2)CCSC3)cc1Br. The molecule has 0 N–H and O–H groups in total. The van der Waals surface area contributed by atoms with Gasteiger partial charge in [0.25, 0.3) is 0 Å². The van der Waals surface area contributed by atoms with Crippen LogP contribution in [-0.4, -0.2) is 5.75 Å². The fourth-order valence-electron chi connectivity index (χ4n) is 2.04. The molecule has 2 aromatic rings. The Kier molecular flexibility index (Phi) is 4.12. The molecule has 5 heteroatoms. The largest absolute Gasteiger partial charge is 0.157 e. The topological polar surface area (TPSA) is 0 Å². The fraction of sp³-hybridized carbons (Fsp3) is 0.385. The van der Waals surface area contributed by atoms with Crippen LogP contribution in [0, 0.1) is 6.92 Å². The van der Waals surface area contributed by atoms with Gasteiger partial charge in [0.05, 0.1) is 0 Å². The monoisotopic (exact) mass is 378 g/mol. The highest BCUT2D eigenvalue weighted by Crippen LogP contribution is 2.42. The van der Waals surface area contributed by atoms with Gasteiger partial charge in [0, 0.05) is 29.7 Å². The van der Waals surface area contributed by atoms with Crippen LogP contribution in [0.3, 0.4) is 0 Å². The number of thioether (sulfide) groups is 1. The molecule has 2 aromatic heterocycles. The predicted molar refractivity (Wildman–Crippen MR) is 88.6 cm³/mol. The normalized spacial score (nSPS) is 16.6. The van der Waals surface area contributed by atoms with Gasteiger partial charge in [-0.25, -0.2) is 0 Å². The second-order valence-corrected chi connectivity index (χ2v) is 9.17. The number of hydrogen-bond acceptors (Lipinski definition) is 3. The molecule has 0 spiro atoms. The first-order valence-corrected chi connectivity index (χ1v) is 9.76. The van der Waals surface area contributed by atoms with Gasteiger partial charge in [-0.1, -0.05) is 0 Å². The van der Waals surface area contributed by atoms with Gasteiger partial charge in [-0.05, 0) is 52.7 Å². The summed E-state index contributed by atoms with van der Waals surface area (Å²) in [5, 5.41) is 0.0144. The van der Waals surface area contributed by atoms with Crippen molar-refractivity contribution in [1.29, 1.82) is 0 Å². The summed E-state index contributed by atoms with van der Waals surface area (Å²) in [4.78, 5) is 5.39. The van der Waals surface area contributed by atoms with E-state index < -0.39 is 0 Å². The van der Waals surface area contributed by atoms with Gasteiger partial charge >= 0.3 is 0 Å². The highest BCUT2D eigenvalue weighted by Gasteiger charge is 2.20. The second-order valence-electron chi connectivity index (χ2n) is 4.32. The summed E-state index contributed by atoms with van der Waals surface area (Å²) in [6, 6.07) is 4.47. The number of rotatable bonds is 2. The standard InChI is InChI=1S/C13H12BrClS3/c1-7-9(14)5-12(17-7)13(15)11-4-8-6-16-3-2-10(8)18-11/h4-5,13H,2-3,6H2,1H3. The number of hydrogen-bond donors (Lipinski definition) is 0. The smallest absolute Gasteiger partial charge is 0.102 e. The molecule has 3 rings (SSSR count). The van der Waals surface area contributed by atoms with Crippen molar-refractivity contribution in [3.63, 3.8) is 0 Å². The first-order valence-electron chi connectivity index (χ1n) is 5.74. The molecule has 1 atom stereocenters. The number of thiophene rings is 2.